The molecule has 2 aromatic rings. The Bertz CT molecular complexity index is 678. The Morgan fingerprint density at radius 1 is 1.29 bits per heavy atom. The summed E-state index contributed by atoms with van der Waals surface area (Å²) in [5.74, 6) is -0.256. The van der Waals surface area contributed by atoms with Crippen molar-refractivity contribution in [3.05, 3.63) is 28.8 Å². The highest BCUT2D eigenvalue weighted by Gasteiger charge is 2.31. The number of hydrogen-bond acceptors (Lipinski definition) is 4. The number of carbonyl (C=O) groups excluding carboxylic acids is 1. The van der Waals surface area contributed by atoms with Crippen LogP contribution in [0.5, 0.6) is 0 Å². The highest BCUT2D eigenvalue weighted by atomic mass is 32.1. The highest BCUT2D eigenvalue weighted by Crippen LogP contribution is 2.33. The molecule has 4 nitrogen and oxygen atoms in total. The van der Waals surface area contributed by atoms with Gasteiger partial charge >= 0.3 is 6.18 Å². The van der Waals surface area contributed by atoms with Gasteiger partial charge in [-0.15, -0.1) is 11.3 Å². The molecule has 3 rings (SSSR count). The normalized spacial score (nSPS) is 16.4. The fourth-order valence-electron chi connectivity index (χ4n) is 2.10. The number of hydrogen-bond donors (Lipinski definition) is 0. The molecule has 0 N–H and O–H groups in total. The first kappa shape index (κ1) is 14.3. The van der Waals surface area contributed by atoms with E-state index < -0.39 is 11.7 Å². The van der Waals surface area contributed by atoms with Crippen molar-refractivity contribution in [1.29, 1.82) is 0 Å². The number of halogens is 3. The van der Waals surface area contributed by atoms with Crippen molar-refractivity contribution >= 4 is 27.5 Å². The minimum Gasteiger partial charge on any atom is -0.378 e. The first-order valence-corrected chi connectivity index (χ1v) is 7.11. The van der Waals surface area contributed by atoms with E-state index >= 15 is 0 Å². The van der Waals surface area contributed by atoms with E-state index in [1.165, 1.54) is 6.07 Å². The van der Waals surface area contributed by atoms with Crippen molar-refractivity contribution in [2.75, 3.05) is 26.3 Å². The lowest BCUT2D eigenvalue weighted by Crippen LogP contribution is -2.40. The molecule has 0 spiro atoms. The summed E-state index contributed by atoms with van der Waals surface area (Å²) in [6.07, 6.45) is -4.41. The van der Waals surface area contributed by atoms with Crippen LogP contribution in [0.4, 0.5) is 13.2 Å². The van der Waals surface area contributed by atoms with E-state index in [2.05, 4.69) is 4.98 Å². The molecule has 0 aliphatic carbocycles. The molecule has 1 saturated heterocycles. The fraction of sp³-hybridized carbons (Fsp3) is 0.385. The van der Waals surface area contributed by atoms with Gasteiger partial charge in [-0.05, 0) is 18.2 Å². The fourth-order valence-corrected chi connectivity index (χ4v) is 3.01. The van der Waals surface area contributed by atoms with E-state index in [0.717, 1.165) is 23.5 Å². The molecule has 0 atom stereocenters. The van der Waals surface area contributed by atoms with Gasteiger partial charge in [0.15, 0.2) is 5.01 Å². The van der Waals surface area contributed by atoms with Gasteiger partial charge in [-0.1, -0.05) is 0 Å². The molecule has 1 amide bonds. The van der Waals surface area contributed by atoms with E-state index in [1.807, 2.05) is 0 Å². The number of thiazole rings is 1. The van der Waals surface area contributed by atoms with Gasteiger partial charge in [-0.3, -0.25) is 4.79 Å². The first-order valence-electron chi connectivity index (χ1n) is 6.30. The van der Waals surface area contributed by atoms with Crippen LogP contribution in [-0.4, -0.2) is 42.1 Å². The van der Waals surface area contributed by atoms with E-state index in [4.69, 9.17) is 4.74 Å². The molecule has 0 unspecified atom stereocenters. The maximum absolute atomic E-state index is 12.7. The number of nitrogens with zero attached hydrogens (tertiary/aromatic N) is 2. The third-order valence-electron chi connectivity index (χ3n) is 3.20. The van der Waals surface area contributed by atoms with Gasteiger partial charge in [-0.2, -0.15) is 13.2 Å². The second-order valence-electron chi connectivity index (χ2n) is 4.60. The third kappa shape index (κ3) is 2.86. The van der Waals surface area contributed by atoms with Crippen molar-refractivity contribution in [2.24, 2.45) is 0 Å². The van der Waals surface area contributed by atoms with Gasteiger partial charge in [0.25, 0.3) is 5.91 Å². The summed E-state index contributed by atoms with van der Waals surface area (Å²) in [4.78, 5) is 17.9. The van der Waals surface area contributed by atoms with Crippen LogP contribution in [0.25, 0.3) is 10.2 Å². The molecule has 2 heterocycles. The summed E-state index contributed by atoms with van der Waals surface area (Å²) < 4.78 is 43.7. The Kier molecular flexibility index (Phi) is 3.58. The predicted octanol–water partition coefficient (Wildman–Crippen LogP) is 2.79. The minimum atomic E-state index is -4.41. The molecule has 0 radical (unpaired) electrons. The molecular weight excluding hydrogens is 305 g/mol. The molecule has 1 aliphatic rings. The van der Waals surface area contributed by atoms with Crippen LogP contribution < -0.4 is 0 Å². The second-order valence-corrected chi connectivity index (χ2v) is 5.63. The Labute approximate surface area is 122 Å². The summed E-state index contributed by atoms with van der Waals surface area (Å²) in [5, 5.41) is 0.214. The number of alkyl halides is 3. The number of fused-ring (bicyclic) bond motifs is 1. The summed E-state index contributed by atoms with van der Waals surface area (Å²) in [7, 11) is 0. The number of benzene rings is 1. The second kappa shape index (κ2) is 5.27. The average Bonchev–Trinajstić information content (AvgIpc) is 2.89. The Morgan fingerprint density at radius 3 is 2.67 bits per heavy atom. The van der Waals surface area contributed by atoms with Gasteiger partial charge in [0.2, 0.25) is 0 Å². The lowest BCUT2D eigenvalue weighted by Gasteiger charge is -2.25. The minimum absolute atomic E-state index is 0.200. The van der Waals surface area contributed by atoms with Crippen LogP contribution in [0, 0.1) is 0 Å². The van der Waals surface area contributed by atoms with Gasteiger partial charge in [0.05, 0.1) is 29.0 Å². The first-order chi connectivity index (χ1) is 9.95. The molecule has 1 aliphatic heterocycles. The van der Waals surface area contributed by atoms with Gasteiger partial charge in [0, 0.05) is 13.1 Å². The van der Waals surface area contributed by atoms with Crippen LogP contribution in [0.1, 0.15) is 15.4 Å². The maximum atomic E-state index is 12.7. The largest absolute Gasteiger partial charge is 0.416 e. The molecule has 1 aromatic carbocycles. The summed E-state index contributed by atoms with van der Waals surface area (Å²) in [5.41, 5.74) is -0.558. The number of rotatable bonds is 1. The lowest BCUT2D eigenvalue weighted by molar-refractivity contribution is -0.137. The van der Waals surface area contributed by atoms with Gasteiger partial charge in [-0.25, -0.2) is 4.98 Å². The summed E-state index contributed by atoms with van der Waals surface area (Å²) >= 11 is 1.11. The summed E-state index contributed by atoms with van der Waals surface area (Å²) in [6.45, 7) is 1.88. The topological polar surface area (TPSA) is 42.4 Å². The highest BCUT2D eigenvalue weighted by molar-refractivity contribution is 7.20. The average molecular weight is 316 g/mol. The Hall–Kier alpha value is -1.67. The zero-order valence-corrected chi connectivity index (χ0v) is 11.6. The van der Waals surface area contributed by atoms with Crippen molar-refractivity contribution in [1.82, 2.24) is 9.88 Å². The number of morpholine rings is 1. The van der Waals surface area contributed by atoms with Crippen molar-refractivity contribution < 1.29 is 22.7 Å². The van der Waals surface area contributed by atoms with Crippen LogP contribution in [0.15, 0.2) is 18.2 Å². The van der Waals surface area contributed by atoms with Crippen molar-refractivity contribution in [3.8, 4) is 0 Å². The van der Waals surface area contributed by atoms with Crippen LogP contribution in [0.2, 0.25) is 0 Å². The molecule has 1 fully saturated rings. The molecule has 21 heavy (non-hydrogen) atoms. The van der Waals surface area contributed by atoms with Crippen LogP contribution in [-0.2, 0) is 10.9 Å². The van der Waals surface area contributed by atoms with Crippen LogP contribution >= 0.6 is 11.3 Å². The molecule has 0 bridgehead atoms. The molecule has 112 valence electrons. The molecule has 0 saturated carbocycles. The number of amides is 1. The van der Waals surface area contributed by atoms with E-state index in [-0.39, 0.29) is 16.4 Å². The van der Waals surface area contributed by atoms with E-state index in [0.29, 0.717) is 31.0 Å². The monoisotopic (exact) mass is 316 g/mol. The van der Waals surface area contributed by atoms with Crippen molar-refractivity contribution in [2.45, 2.75) is 6.18 Å². The summed E-state index contributed by atoms with van der Waals surface area (Å²) in [6, 6.07) is 3.33. The Morgan fingerprint density at radius 2 is 2.00 bits per heavy atom. The number of carbonyl (C=O) groups is 1. The SMILES string of the molecule is O=C(c1nc2cc(C(F)(F)F)ccc2s1)N1CCOCC1. The third-order valence-corrected chi connectivity index (χ3v) is 4.22. The lowest BCUT2D eigenvalue weighted by atomic mass is 10.2. The smallest absolute Gasteiger partial charge is 0.378 e. The zero-order chi connectivity index (χ0) is 15.0. The zero-order valence-electron chi connectivity index (χ0n) is 10.8. The van der Waals surface area contributed by atoms with Crippen molar-refractivity contribution in [3.63, 3.8) is 0 Å². The van der Waals surface area contributed by atoms with E-state index in [1.54, 1.807) is 4.90 Å². The molecule has 8 heteroatoms. The predicted molar refractivity (Wildman–Crippen MR) is 71.3 cm³/mol. The molecular formula is C13H11F3N2O2S. The van der Waals surface area contributed by atoms with Crippen LogP contribution in [0.3, 0.4) is 0 Å². The standard InChI is InChI=1S/C13H11F3N2O2S/c14-13(15,16)8-1-2-10-9(7-8)17-11(21-10)12(19)18-3-5-20-6-4-18/h1-2,7H,3-6H2. The van der Waals surface area contributed by atoms with Gasteiger partial charge < -0.3 is 9.64 Å². The number of ether oxygens (including phenoxy) is 1. The molecule has 1 aromatic heterocycles. The quantitative estimate of drug-likeness (QED) is 0.812. The van der Waals surface area contributed by atoms with E-state index in [9.17, 15) is 18.0 Å². The number of aromatic nitrogens is 1. The Balaban J connectivity index is 1.91. The maximum Gasteiger partial charge on any atom is 0.416 e. The van der Waals surface area contributed by atoms with Gasteiger partial charge in [0.1, 0.15) is 0 Å².